The summed E-state index contributed by atoms with van der Waals surface area (Å²) in [5.74, 6) is -0.903. The SMILES string of the molecule is CC(=O)CNC(=O)[C@@H]1CCCN1C(=O)c1ccc2cc(NC(=O)c3cccnc3)ccc2c1. The van der Waals surface area contributed by atoms with Crippen molar-refractivity contribution in [1.29, 1.82) is 0 Å². The number of rotatable bonds is 6. The number of aromatic nitrogens is 1. The third-order valence-corrected chi connectivity index (χ3v) is 5.60. The Bertz CT molecular complexity index is 1230. The molecule has 8 nitrogen and oxygen atoms in total. The summed E-state index contributed by atoms with van der Waals surface area (Å²) in [4.78, 5) is 54.6. The Morgan fingerprint density at radius 3 is 2.58 bits per heavy atom. The summed E-state index contributed by atoms with van der Waals surface area (Å²) < 4.78 is 0. The molecular formula is C25H24N4O4. The lowest BCUT2D eigenvalue weighted by Crippen LogP contribution is -2.46. The largest absolute Gasteiger partial charge is 0.347 e. The van der Waals surface area contributed by atoms with Gasteiger partial charge >= 0.3 is 0 Å². The number of hydrogen-bond donors (Lipinski definition) is 2. The molecule has 1 saturated heterocycles. The molecule has 1 aliphatic rings. The molecule has 8 heteroatoms. The highest BCUT2D eigenvalue weighted by Gasteiger charge is 2.34. The van der Waals surface area contributed by atoms with Gasteiger partial charge in [-0.05, 0) is 66.9 Å². The van der Waals surface area contributed by atoms with E-state index in [1.165, 1.54) is 13.1 Å². The number of nitrogens with one attached hydrogen (secondary N) is 2. The Hall–Kier alpha value is -4.07. The molecule has 1 aromatic heterocycles. The molecule has 3 aromatic rings. The minimum atomic E-state index is -0.572. The number of carbonyl (C=O) groups is 4. The van der Waals surface area contributed by atoms with Crippen LogP contribution in [0.3, 0.4) is 0 Å². The summed E-state index contributed by atoms with van der Waals surface area (Å²) in [6, 6.07) is 13.6. The van der Waals surface area contributed by atoms with Crippen molar-refractivity contribution in [1.82, 2.24) is 15.2 Å². The summed E-state index contributed by atoms with van der Waals surface area (Å²) in [6.07, 6.45) is 4.41. The van der Waals surface area contributed by atoms with Crippen molar-refractivity contribution in [3.63, 3.8) is 0 Å². The van der Waals surface area contributed by atoms with Gasteiger partial charge in [0.1, 0.15) is 11.8 Å². The number of ketones is 1. The van der Waals surface area contributed by atoms with Gasteiger partial charge in [-0.2, -0.15) is 0 Å². The molecule has 2 heterocycles. The fraction of sp³-hybridized carbons (Fsp3) is 0.240. The molecule has 1 aliphatic heterocycles. The Morgan fingerprint density at radius 1 is 1.03 bits per heavy atom. The number of fused-ring (bicyclic) bond motifs is 1. The molecule has 0 bridgehead atoms. The molecule has 1 atom stereocenters. The fourth-order valence-electron chi connectivity index (χ4n) is 3.93. The molecule has 0 saturated carbocycles. The van der Waals surface area contributed by atoms with Crippen LogP contribution < -0.4 is 10.6 Å². The maximum absolute atomic E-state index is 13.1. The van der Waals surface area contributed by atoms with Crippen LogP contribution in [0.4, 0.5) is 5.69 Å². The predicted octanol–water partition coefficient (Wildman–Crippen LogP) is 2.80. The maximum Gasteiger partial charge on any atom is 0.257 e. The number of benzene rings is 2. The van der Waals surface area contributed by atoms with Crippen molar-refractivity contribution in [3.8, 4) is 0 Å². The number of nitrogens with zero attached hydrogens (tertiary/aromatic N) is 2. The zero-order chi connectivity index (χ0) is 23.4. The highest BCUT2D eigenvalue weighted by atomic mass is 16.2. The first-order chi connectivity index (χ1) is 15.9. The van der Waals surface area contributed by atoms with Crippen LogP contribution in [0.25, 0.3) is 10.8 Å². The van der Waals surface area contributed by atoms with E-state index >= 15 is 0 Å². The topological polar surface area (TPSA) is 108 Å². The lowest BCUT2D eigenvalue weighted by Gasteiger charge is -2.24. The van der Waals surface area contributed by atoms with Crippen LogP contribution in [0.5, 0.6) is 0 Å². The number of pyridine rings is 1. The quantitative estimate of drug-likeness (QED) is 0.608. The molecule has 2 N–H and O–H groups in total. The number of carbonyl (C=O) groups excluding carboxylic acids is 4. The van der Waals surface area contributed by atoms with E-state index in [1.807, 2.05) is 18.2 Å². The van der Waals surface area contributed by atoms with Crippen LogP contribution in [0.1, 0.15) is 40.5 Å². The normalized spacial score (nSPS) is 15.3. The van der Waals surface area contributed by atoms with E-state index in [2.05, 4.69) is 15.6 Å². The number of likely N-dealkylation sites (tertiary alicyclic amines) is 1. The average molecular weight is 444 g/mol. The highest BCUT2D eigenvalue weighted by Crippen LogP contribution is 2.25. The van der Waals surface area contributed by atoms with Gasteiger partial charge in [-0.15, -0.1) is 0 Å². The lowest BCUT2D eigenvalue weighted by atomic mass is 10.0. The molecule has 4 rings (SSSR count). The molecule has 1 fully saturated rings. The minimum absolute atomic E-state index is 0.0347. The molecule has 0 aliphatic carbocycles. The molecule has 3 amide bonds. The van der Waals surface area contributed by atoms with Crippen molar-refractivity contribution in [2.24, 2.45) is 0 Å². The lowest BCUT2D eigenvalue weighted by molar-refractivity contribution is -0.127. The Kier molecular flexibility index (Phi) is 6.44. The van der Waals surface area contributed by atoms with Gasteiger partial charge in [-0.3, -0.25) is 24.2 Å². The molecule has 2 aromatic carbocycles. The molecule has 0 radical (unpaired) electrons. The third kappa shape index (κ3) is 5.06. The first-order valence-electron chi connectivity index (χ1n) is 10.8. The van der Waals surface area contributed by atoms with E-state index in [0.29, 0.717) is 29.8 Å². The molecular weight excluding hydrogens is 420 g/mol. The van der Waals surface area contributed by atoms with E-state index in [4.69, 9.17) is 0 Å². The summed E-state index contributed by atoms with van der Waals surface area (Å²) in [6.45, 7) is 1.87. The van der Waals surface area contributed by atoms with E-state index < -0.39 is 6.04 Å². The van der Waals surface area contributed by atoms with E-state index in [1.54, 1.807) is 41.4 Å². The van der Waals surface area contributed by atoms with Crippen LogP contribution >= 0.6 is 0 Å². The predicted molar refractivity (Wildman–Crippen MR) is 124 cm³/mol. The van der Waals surface area contributed by atoms with Crippen LogP contribution in [-0.4, -0.2) is 52.5 Å². The second kappa shape index (κ2) is 9.60. The Labute approximate surface area is 191 Å². The van der Waals surface area contributed by atoms with Gasteiger partial charge < -0.3 is 15.5 Å². The van der Waals surface area contributed by atoms with Crippen molar-refractivity contribution in [2.75, 3.05) is 18.4 Å². The number of amides is 3. The number of hydrogen-bond acceptors (Lipinski definition) is 5. The first-order valence-corrected chi connectivity index (χ1v) is 10.8. The van der Waals surface area contributed by atoms with Crippen molar-refractivity contribution in [3.05, 3.63) is 72.1 Å². The molecule has 0 unspecified atom stereocenters. The maximum atomic E-state index is 13.1. The van der Waals surface area contributed by atoms with E-state index in [-0.39, 0.29) is 30.0 Å². The van der Waals surface area contributed by atoms with E-state index in [9.17, 15) is 19.2 Å². The second-order valence-electron chi connectivity index (χ2n) is 8.05. The van der Waals surface area contributed by atoms with Crippen LogP contribution in [0.15, 0.2) is 60.9 Å². The summed E-state index contributed by atoms with van der Waals surface area (Å²) in [5.41, 5.74) is 1.59. The van der Waals surface area contributed by atoms with Crippen LogP contribution in [-0.2, 0) is 9.59 Å². The monoisotopic (exact) mass is 444 g/mol. The third-order valence-electron chi connectivity index (χ3n) is 5.60. The van der Waals surface area contributed by atoms with Crippen molar-refractivity contribution in [2.45, 2.75) is 25.8 Å². The van der Waals surface area contributed by atoms with Gasteiger partial charge in [-0.1, -0.05) is 12.1 Å². The smallest absolute Gasteiger partial charge is 0.257 e. The van der Waals surface area contributed by atoms with Gasteiger partial charge in [0.15, 0.2) is 0 Å². The van der Waals surface area contributed by atoms with Gasteiger partial charge in [0.2, 0.25) is 5.91 Å². The van der Waals surface area contributed by atoms with E-state index in [0.717, 1.165) is 17.2 Å². The summed E-state index contributed by atoms with van der Waals surface area (Å²) in [5, 5.41) is 7.16. The zero-order valence-corrected chi connectivity index (χ0v) is 18.2. The number of anilines is 1. The zero-order valence-electron chi connectivity index (χ0n) is 18.2. The van der Waals surface area contributed by atoms with Gasteiger partial charge in [0.05, 0.1) is 12.1 Å². The Balaban J connectivity index is 1.49. The highest BCUT2D eigenvalue weighted by molar-refractivity contribution is 6.06. The Morgan fingerprint density at radius 2 is 1.82 bits per heavy atom. The van der Waals surface area contributed by atoms with Crippen LogP contribution in [0, 0.1) is 0 Å². The molecule has 33 heavy (non-hydrogen) atoms. The van der Waals surface area contributed by atoms with Gasteiger partial charge in [0, 0.05) is 30.2 Å². The summed E-state index contributed by atoms with van der Waals surface area (Å²) >= 11 is 0. The van der Waals surface area contributed by atoms with Crippen molar-refractivity contribution >= 4 is 40.0 Å². The minimum Gasteiger partial charge on any atom is -0.347 e. The summed E-state index contributed by atoms with van der Waals surface area (Å²) in [7, 11) is 0. The first kappa shape index (κ1) is 22.1. The average Bonchev–Trinajstić information content (AvgIpc) is 3.32. The fourth-order valence-corrected chi connectivity index (χ4v) is 3.93. The second-order valence-corrected chi connectivity index (χ2v) is 8.05. The van der Waals surface area contributed by atoms with Crippen molar-refractivity contribution < 1.29 is 19.2 Å². The molecule has 168 valence electrons. The molecule has 0 spiro atoms. The van der Waals surface area contributed by atoms with Gasteiger partial charge in [-0.25, -0.2) is 0 Å². The standard InChI is InChI=1S/C25H24N4O4/c1-16(30)14-27-24(32)22-5-3-11-29(22)25(33)19-7-6-18-13-21(9-8-17(18)12-19)28-23(31)20-4-2-10-26-15-20/h2,4,6-10,12-13,15,22H,3,5,11,14H2,1H3,(H,27,32)(H,28,31)/t22-/m0/s1. The number of Topliss-reactive ketones (excluding diaryl/α,β-unsaturated/α-hetero) is 1. The van der Waals surface area contributed by atoms with Gasteiger partial charge in [0.25, 0.3) is 11.8 Å². The van der Waals surface area contributed by atoms with Crippen LogP contribution in [0.2, 0.25) is 0 Å².